The van der Waals surface area contributed by atoms with Crippen molar-refractivity contribution in [1.29, 1.82) is 0 Å². The first kappa shape index (κ1) is 47.7. The third-order valence-electron chi connectivity index (χ3n) is 8.01. The Labute approximate surface area is 382 Å². The SMILES string of the molecule is O=C=[OH+].O=C=[OH+].O=c1ccc2cc3ccoc3cc2o1.O=c1ccc2ccc3occc3c2o1.[2HH].[CH-]=Cc1cc2ccoc2cc1O.[CH-]=Cc1ccc2occc2c1O.[Na+].[Na+]. The summed E-state index contributed by atoms with van der Waals surface area (Å²) in [6.45, 7) is 10.6. The predicted octanol–water partition coefficient (Wildman–Crippen LogP) is 3.29. The number of phenolic OH excluding ortho intramolecular Hbond substituents is 2. The van der Waals surface area contributed by atoms with Crippen LogP contribution >= 0.6 is 0 Å². The number of furan rings is 4. The van der Waals surface area contributed by atoms with Gasteiger partial charge in [-0.05, 0) is 60.7 Å². The van der Waals surface area contributed by atoms with Gasteiger partial charge in [0.05, 0.1) is 36.2 Å². The minimum absolute atomic E-state index is 0. The maximum atomic E-state index is 11.1. The third kappa shape index (κ3) is 11.7. The molecule has 290 valence electrons. The van der Waals surface area contributed by atoms with Crippen LogP contribution in [0.4, 0.5) is 0 Å². The molecule has 0 aliphatic heterocycles. The molecular weight excluding hydrogens is 798 g/mol. The summed E-state index contributed by atoms with van der Waals surface area (Å²) in [6, 6.07) is 27.7. The van der Waals surface area contributed by atoms with Crippen molar-refractivity contribution in [2.45, 2.75) is 0 Å². The van der Waals surface area contributed by atoms with Gasteiger partial charge in [0.1, 0.15) is 43.1 Å². The second kappa shape index (κ2) is 23.0. The van der Waals surface area contributed by atoms with Gasteiger partial charge in [-0.15, -0.1) is 23.3 Å². The Morgan fingerprint density at radius 1 is 0.517 bits per heavy atom. The van der Waals surface area contributed by atoms with E-state index in [0.29, 0.717) is 51.1 Å². The fourth-order valence-electron chi connectivity index (χ4n) is 5.43. The molecule has 14 nitrogen and oxygen atoms in total. The fraction of sp³-hybridized carbons (Fsp3) is 0. The predicted molar refractivity (Wildman–Crippen MR) is 214 cm³/mol. The summed E-state index contributed by atoms with van der Waals surface area (Å²) >= 11 is 0. The largest absolute Gasteiger partial charge is 1.00 e. The minimum Gasteiger partial charge on any atom is -0.526 e. The van der Waals surface area contributed by atoms with Crippen molar-refractivity contribution in [2.24, 2.45) is 0 Å². The zero-order valence-corrected chi connectivity index (χ0v) is 35.7. The van der Waals surface area contributed by atoms with Crippen LogP contribution in [0, 0.1) is 13.2 Å². The van der Waals surface area contributed by atoms with Crippen molar-refractivity contribution in [2.75, 3.05) is 0 Å². The van der Waals surface area contributed by atoms with Crippen LogP contribution in [0.5, 0.6) is 11.5 Å². The summed E-state index contributed by atoms with van der Waals surface area (Å²) in [4.78, 5) is 52.0. The number of hydrogen-bond acceptors (Lipinski definition) is 12. The molecule has 60 heavy (non-hydrogen) atoms. The standard InChI is InChI=1S/2C11H6O3.2C10H7O2.2CO2.2Na.H2/c12-10-4-2-7-1-3-9-8(5-6-13-9)11(7)14-10;12-11-2-1-7-5-8-3-4-13-9(8)6-10(7)14-11;1-2-7-5-8-3-4-12-10(8)6-9(7)11;1-2-7-3-4-9-8(10(7)11)5-6-12-9;2*2-1-3;;;/h2*1-6H;2*1-6,11H;;;;;1H/q;;2*-1;;;2*+1;/p+2/i;;;;;;;;1+1. The summed E-state index contributed by atoms with van der Waals surface area (Å²) in [5, 5.41) is 24.2. The molecule has 6 heterocycles. The minimum atomic E-state index is -0.344. The van der Waals surface area contributed by atoms with Crippen molar-refractivity contribution in [1.82, 2.24) is 0 Å². The molecule has 10 rings (SSSR count). The van der Waals surface area contributed by atoms with Gasteiger partial charge >= 0.3 is 82.7 Å². The Bertz CT molecular complexity index is 3180. The van der Waals surface area contributed by atoms with Crippen LogP contribution in [0.25, 0.3) is 78.0 Å². The van der Waals surface area contributed by atoms with Gasteiger partial charge in [0.15, 0.2) is 0 Å². The van der Waals surface area contributed by atoms with Crippen LogP contribution in [-0.2, 0) is 9.59 Å². The third-order valence-corrected chi connectivity index (χ3v) is 8.01. The molecule has 4 N–H and O–H groups in total. The summed E-state index contributed by atoms with van der Waals surface area (Å²) in [6.07, 6.45) is 10.0. The zero-order chi connectivity index (χ0) is 41.6. The second-order valence-electron chi connectivity index (χ2n) is 11.4. The summed E-state index contributed by atoms with van der Waals surface area (Å²) in [5.74, 6) is 0.309. The molecular formula is C44H30Na2O14+2. The molecule has 0 spiro atoms. The van der Waals surface area contributed by atoms with Gasteiger partial charge in [-0.2, -0.15) is 0 Å². The Morgan fingerprint density at radius 2 is 0.983 bits per heavy atom. The van der Waals surface area contributed by atoms with E-state index >= 15 is 0 Å². The van der Waals surface area contributed by atoms with Gasteiger partial charge in [-0.1, -0.05) is 0 Å². The van der Waals surface area contributed by atoms with Gasteiger partial charge in [0.2, 0.25) is 0 Å². The molecule has 10 aromatic rings. The number of carbonyl (C=O) groups excluding carboxylic acids is 4. The van der Waals surface area contributed by atoms with Crippen molar-refractivity contribution >= 4 is 90.3 Å². The van der Waals surface area contributed by atoms with Gasteiger partial charge in [0.25, 0.3) is 0 Å². The van der Waals surface area contributed by atoms with Crippen molar-refractivity contribution in [3.63, 3.8) is 0 Å². The average Bonchev–Trinajstić information content (AvgIpc) is 4.06. The van der Waals surface area contributed by atoms with Crippen LogP contribution in [0.1, 0.15) is 12.6 Å². The summed E-state index contributed by atoms with van der Waals surface area (Å²) in [5.41, 5.74) is 4.47. The van der Waals surface area contributed by atoms with Gasteiger partial charge in [-0.3, -0.25) is 22.7 Å². The second-order valence-corrected chi connectivity index (χ2v) is 11.4. The van der Waals surface area contributed by atoms with Gasteiger partial charge < -0.3 is 36.7 Å². The molecule has 4 aromatic carbocycles. The Balaban J connectivity index is 0.000000265. The molecule has 6 aromatic heterocycles. The maximum Gasteiger partial charge on any atom is 1.00 e. The maximum absolute atomic E-state index is 11.1. The van der Waals surface area contributed by atoms with E-state index < -0.39 is 0 Å². The molecule has 0 aliphatic rings. The smallest absolute Gasteiger partial charge is 0.526 e. The molecule has 0 unspecified atom stereocenters. The van der Waals surface area contributed by atoms with E-state index in [-0.39, 0.29) is 83.3 Å². The molecule has 0 fully saturated rings. The van der Waals surface area contributed by atoms with E-state index in [1.807, 2.05) is 30.3 Å². The normalized spacial score (nSPS) is 9.60. The Morgan fingerprint density at radius 3 is 1.62 bits per heavy atom. The van der Waals surface area contributed by atoms with E-state index in [1.54, 1.807) is 73.4 Å². The molecule has 0 saturated carbocycles. The topological polar surface area (TPSA) is 230 Å². The molecule has 0 atom stereocenters. The van der Waals surface area contributed by atoms with E-state index in [1.165, 1.54) is 30.5 Å². The van der Waals surface area contributed by atoms with E-state index in [9.17, 15) is 19.8 Å². The van der Waals surface area contributed by atoms with Crippen molar-refractivity contribution < 1.29 is 116 Å². The molecule has 16 heteroatoms. The molecule has 0 bridgehead atoms. The fourth-order valence-corrected chi connectivity index (χ4v) is 5.43. The van der Waals surface area contributed by atoms with E-state index in [0.717, 1.165) is 38.1 Å². The van der Waals surface area contributed by atoms with E-state index in [2.05, 4.69) is 0 Å². The first-order chi connectivity index (χ1) is 28.1. The molecule has 0 amide bonds. The molecule has 0 aliphatic carbocycles. The first-order valence-corrected chi connectivity index (χ1v) is 16.5. The van der Waals surface area contributed by atoms with Gasteiger partial charge in [-0.25, -0.2) is 21.7 Å². The van der Waals surface area contributed by atoms with Crippen LogP contribution in [0.15, 0.2) is 158 Å². The number of rotatable bonds is 2. The number of benzene rings is 4. The van der Waals surface area contributed by atoms with Gasteiger partial charge in [0, 0.05) is 58.4 Å². The molecule has 0 saturated heterocycles. The van der Waals surface area contributed by atoms with Crippen molar-refractivity contribution in [3.05, 3.63) is 167 Å². The Hall–Kier alpha value is -6.70. The average molecular weight is 830 g/mol. The number of hydrogen-bond donors (Lipinski definition) is 2. The van der Waals surface area contributed by atoms with Crippen LogP contribution in [-0.4, -0.2) is 32.1 Å². The summed E-state index contributed by atoms with van der Waals surface area (Å²) < 4.78 is 30.7. The molecule has 0 radical (unpaired) electrons. The Kier molecular flexibility index (Phi) is 18.3. The monoisotopic (exact) mass is 829 g/mol. The van der Waals surface area contributed by atoms with Crippen LogP contribution in [0.3, 0.4) is 0 Å². The van der Waals surface area contributed by atoms with Crippen LogP contribution < -0.4 is 70.4 Å². The number of aromatic hydroxyl groups is 2. The van der Waals surface area contributed by atoms with Crippen LogP contribution in [0.2, 0.25) is 0 Å². The van der Waals surface area contributed by atoms with E-state index in [4.69, 9.17) is 58.8 Å². The first-order valence-electron chi connectivity index (χ1n) is 16.5. The summed E-state index contributed by atoms with van der Waals surface area (Å²) in [7, 11) is 0. The van der Waals surface area contributed by atoms with Crippen molar-refractivity contribution in [3.8, 4) is 11.5 Å². The number of phenols is 2. The quantitative estimate of drug-likeness (QED) is 0.111. The zero-order valence-electron chi connectivity index (χ0n) is 31.7. The number of fused-ring (bicyclic) bond motifs is 7.